The molecule has 0 spiro atoms. The molecular formula is C11H13NO4S. The van der Waals surface area contributed by atoms with Crippen LogP contribution in [-0.2, 0) is 0 Å². The van der Waals surface area contributed by atoms with E-state index >= 15 is 0 Å². The van der Waals surface area contributed by atoms with Crippen molar-refractivity contribution in [3.8, 4) is 0 Å². The van der Waals surface area contributed by atoms with Crippen LogP contribution in [0.5, 0.6) is 0 Å². The van der Waals surface area contributed by atoms with Gasteiger partial charge in [-0.1, -0.05) is 0 Å². The van der Waals surface area contributed by atoms with Crippen LogP contribution >= 0.6 is 11.8 Å². The predicted octanol–water partition coefficient (Wildman–Crippen LogP) is 1.89. The second-order valence-electron chi connectivity index (χ2n) is 3.31. The van der Waals surface area contributed by atoms with Gasteiger partial charge < -0.3 is 5.11 Å². The summed E-state index contributed by atoms with van der Waals surface area (Å²) < 4.78 is 0. The Labute approximate surface area is 103 Å². The Bertz CT molecular complexity index is 391. The monoisotopic (exact) mass is 255 g/mol. The smallest absolute Gasteiger partial charge is 0.269 e. The van der Waals surface area contributed by atoms with Gasteiger partial charge in [0.2, 0.25) is 0 Å². The Kier molecular flexibility index (Phi) is 5.65. The van der Waals surface area contributed by atoms with Crippen LogP contribution in [-0.4, -0.2) is 33.9 Å². The van der Waals surface area contributed by atoms with Crippen LogP contribution in [0, 0.1) is 10.1 Å². The summed E-state index contributed by atoms with van der Waals surface area (Å²) in [7, 11) is 0. The molecule has 0 aromatic heterocycles. The van der Waals surface area contributed by atoms with Crippen LogP contribution in [0.1, 0.15) is 16.8 Å². The summed E-state index contributed by atoms with van der Waals surface area (Å²) in [5, 5.41) is 19.0. The van der Waals surface area contributed by atoms with Gasteiger partial charge in [-0.25, -0.2) is 0 Å². The zero-order valence-electron chi connectivity index (χ0n) is 9.17. The van der Waals surface area contributed by atoms with Gasteiger partial charge in [0.25, 0.3) is 5.69 Å². The first kappa shape index (κ1) is 13.7. The summed E-state index contributed by atoms with van der Waals surface area (Å²) in [6, 6.07) is 5.59. The quantitative estimate of drug-likeness (QED) is 0.348. The van der Waals surface area contributed by atoms with E-state index in [-0.39, 0.29) is 18.1 Å². The number of nitrogens with zero attached hydrogens (tertiary/aromatic N) is 1. The molecule has 1 aromatic carbocycles. The number of carbonyl (C=O) groups excluding carboxylic acids is 1. The fraction of sp³-hybridized carbons (Fsp3) is 0.364. The molecule has 17 heavy (non-hydrogen) atoms. The number of ketones is 1. The third kappa shape index (κ3) is 4.54. The maximum atomic E-state index is 11.6. The second-order valence-corrected chi connectivity index (χ2v) is 4.54. The Balaban J connectivity index is 2.49. The first-order valence-corrected chi connectivity index (χ1v) is 6.27. The number of aliphatic hydroxyl groups excluding tert-OH is 1. The van der Waals surface area contributed by atoms with Crippen molar-refractivity contribution in [3.63, 3.8) is 0 Å². The molecule has 5 nitrogen and oxygen atoms in total. The molecule has 0 saturated carbocycles. The van der Waals surface area contributed by atoms with E-state index < -0.39 is 4.92 Å². The number of Topliss-reactive ketones (excluding diaryl/α,β-unsaturated/α-hetero) is 1. The van der Waals surface area contributed by atoms with Gasteiger partial charge in [0, 0.05) is 35.6 Å². The molecular weight excluding hydrogens is 242 g/mol. The fourth-order valence-electron chi connectivity index (χ4n) is 1.24. The second kappa shape index (κ2) is 7.03. The molecule has 0 fully saturated rings. The van der Waals surface area contributed by atoms with Gasteiger partial charge in [-0.15, -0.1) is 0 Å². The highest BCUT2D eigenvalue weighted by atomic mass is 32.2. The van der Waals surface area contributed by atoms with Crippen molar-refractivity contribution < 1.29 is 14.8 Å². The van der Waals surface area contributed by atoms with Crippen molar-refractivity contribution >= 4 is 23.2 Å². The number of aliphatic hydroxyl groups is 1. The van der Waals surface area contributed by atoms with E-state index in [1.54, 1.807) is 0 Å². The molecule has 0 bridgehead atoms. The van der Waals surface area contributed by atoms with Gasteiger partial charge in [0.1, 0.15) is 0 Å². The summed E-state index contributed by atoms with van der Waals surface area (Å²) in [6.07, 6.45) is 0.377. The van der Waals surface area contributed by atoms with Crippen molar-refractivity contribution in [2.45, 2.75) is 6.42 Å². The lowest BCUT2D eigenvalue weighted by atomic mass is 10.1. The molecule has 0 aliphatic heterocycles. The summed E-state index contributed by atoms with van der Waals surface area (Å²) in [6.45, 7) is 0.108. The minimum Gasteiger partial charge on any atom is -0.396 e. The number of benzene rings is 1. The number of thioether (sulfide) groups is 1. The van der Waals surface area contributed by atoms with E-state index in [9.17, 15) is 14.9 Å². The number of hydrogen-bond acceptors (Lipinski definition) is 5. The number of carbonyl (C=O) groups is 1. The van der Waals surface area contributed by atoms with E-state index in [1.807, 2.05) is 0 Å². The molecule has 92 valence electrons. The van der Waals surface area contributed by atoms with Crippen LogP contribution in [0.25, 0.3) is 0 Å². The highest BCUT2D eigenvalue weighted by molar-refractivity contribution is 7.99. The highest BCUT2D eigenvalue weighted by Gasteiger charge is 2.09. The van der Waals surface area contributed by atoms with Gasteiger partial charge >= 0.3 is 0 Å². The molecule has 1 aromatic rings. The molecule has 1 rings (SSSR count). The van der Waals surface area contributed by atoms with Crippen molar-refractivity contribution in [2.75, 3.05) is 18.1 Å². The lowest BCUT2D eigenvalue weighted by molar-refractivity contribution is -0.384. The normalized spacial score (nSPS) is 10.2. The lowest BCUT2D eigenvalue weighted by Gasteiger charge is -2.00. The van der Waals surface area contributed by atoms with E-state index in [4.69, 9.17) is 5.11 Å². The third-order valence-electron chi connectivity index (χ3n) is 2.11. The molecule has 0 radical (unpaired) electrons. The Hall–Kier alpha value is -1.40. The lowest BCUT2D eigenvalue weighted by Crippen LogP contribution is -2.01. The molecule has 0 saturated heterocycles. The van der Waals surface area contributed by atoms with Gasteiger partial charge in [-0.05, 0) is 12.1 Å². The Morgan fingerprint density at radius 3 is 2.47 bits per heavy atom. The van der Waals surface area contributed by atoms with Crippen LogP contribution < -0.4 is 0 Å². The van der Waals surface area contributed by atoms with Crippen LogP contribution in [0.15, 0.2) is 24.3 Å². The standard InChI is InChI=1S/C11H13NO4S/c13-6-8-17-7-5-11(14)9-1-3-10(4-2-9)12(15)16/h1-4,13H,5-8H2. The highest BCUT2D eigenvalue weighted by Crippen LogP contribution is 2.14. The van der Waals surface area contributed by atoms with Gasteiger partial charge in [-0.3, -0.25) is 14.9 Å². The molecule has 0 unspecified atom stereocenters. The SMILES string of the molecule is O=C(CCSCCO)c1ccc([N+](=O)[O-])cc1. The number of non-ortho nitro benzene ring substituents is 1. The zero-order chi connectivity index (χ0) is 12.7. The van der Waals surface area contributed by atoms with Crippen molar-refractivity contribution in [2.24, 2.45) is 0 Å². The maximum Gasteiger partial charge on any atom is 0.269 e. The minimum absolute atomic E-state index is 0.0174. The first-order chi connectivity index (χ1) is 8.15. The van der Waals surface area contributed by atoms with Crippen molar-refractivity contribution in [1.82, 2.24) is 0 Å². The summed E-state index contributed by atoms with van der Waals surface area (Å²) >= 11 is 1.51. The Morgan fingerprint density at radius 1 is 1.29 bits per heavy atom. The maximum absolute atomic E-state index is 11.6. The number of nitro benzene ring substituents is 1. The molecule has 0 atom stereocenters. The molecule has 0 amide bonds. The molecule has 6 heteroatoms. The number of nitro groups is 1. The third-order valence-corrected chi connectivity index (χ3v) is 3.07. The average Bonchev–Trinajstić information content (AvgIpc) is 2.34. The number of hydrogen-bond donors (Lipinski definition) is 1. The van der Waals surface area contributed by atoms with Crippen molar-refractivity contribution in [3.05, 3.63) is 39.9 Å². The van der Waals surface area contributed by atoms with E-state index in [1.165, 1.54) is 36.0 Å². The van der Waals surface area contributed by atoms with Crippen molar-refractivity contribution in [1.29, 1.82) is 0 Å². The first-order valence-electron chi connectivity index (χ1n) is 5.11. The van der Waals surface area contributed by atoms with E-state index in [0.717, 1.165) is 0 Å². The number of rotatable bonds is 7. The van der Waals surface area contributed by atoms with Gasteiger partial charge in [-0.2, -0.15) is 11.8 Å². The molecule has 0 heterocycles. The van der Waals surface area contributed by atoms with Crippen LogP contribution in [0.4, 0.5) is 5.69 Å². The topological polar surface area (TPSA) is 80.4 Å². The van der Waals surface area contributed by atoms with Crippen LogP contribution in [0.2, 0.25) is 0 Å². The molecule has 1 N–H and O–H groups in total. The predicted molar refractivity (Wildman–Crippen MR) is 66.5 cm³/mol. The minimum atomic E-state index is -0.495. The Morgan fingerprint density at radius 2 is 1.94 bits per heavy atom. The summed E-state index contributed by atoms with van der Waals surface area (Å²) in [5.74, 6) is 1.23. The van der Waals surface area contributed by atoms with Crippen LogP contribution in [0.3, 0.4) is 0 Å². The average molecular weight is 255 g/mol. The zero-order valence-corrected chi connectivity index (χ0v) is 9.98. The molecule has 0 aliphatic carbocycles. The van der Waals surface area contributed by atoms with E-state index in [2.05, 4.69) is 0 Å². The summed E-state index contributed by atoms with van der Waals surface area (Å²) in [5.41, 5.74) is 0.469. The largest absolute Gasteiger partial charge is 0.396 e. The molecule has 0 aliphatic rings. The van der Waals surface area contributed by atoms with Gasteiger partial charge in [0.15, 0.2) is 5.78 Å². The van der Waals surface area contributed by atoms with E-state index in [0.29, 0.717) is 23.5 Å². The van der Waals surface area contributed by atoms with Gasteiger partial charge in [0.05, 0.1) is 11.5 Å². The summed E-state index contributed by atoms with van der Waals surface area (Å²) in [4.78, 5) is 21.6. The fourth-order valence-corrected chi connectivity index (χ4v) is 1.91.